The van der Waals surface area contributed by atoms with Crippen LogP contribution in [-0.4, -0.2) is 46.5 Å². The predicted molar refractivity (Wildman–Crippen MR) is 99.4 cm³/mol. The molecule has 0 atom stereocenters. The van der Waals surface area contributed by atoms with Gasteiger partial charge in [-0.05, 0) is 30.7 Å². The molecule has 0 spiro atoms. The van der Waals surface area contributed by atoms with Crippen LogP contribution in [0.2, 0.25) is 0 Å². The Morgan fingerprint density at radius 3 is 2.71 bits per heavy atom. The van der Waals surface area contributed by atoms with Gasteiger partial charge in [-0.15, -0.1) is 0 Å². The molecule has 6 nitrogen and oxygen atoms in total. The average Bonchev–Trinajstić information content (AvgIpc) is 2.80. The van der Waals surface area contributed by atoms with Gasteiger partial charge in [-0.1, -0.05) is 39.9 Å². The molecule has 0 bridgehead atoms. The zero-order valence-electron chi connectivity index (χ0n) is 12.9. The van der Waals surface area contributed by atoms with Crippen molar-refractivity contribution < 1.29 is 24.2 Å². The molecule has 1 aromatic rings. The van der Waals surface area contributed by atoms with Crippen molar-refractivity contribution in [3.63, 3.8) is 0 Å². The topological polar surface area (TPSA) is 76.1 Å². The molecule has 0 unspecified atom stereocenters. The van der Waals surface area contributed by atoms with E-state index < -0.39 is 12.6 Å². The molecule has 0 saturated carbocycles. The van der Waals surface area contributed by atoms with Crippen molar-refractivity contribution in [1.29, 1.82) is 0 Å². The van der Waals surface area contributed by atoms with E-state index >= 15 is 0 Å². The van der Waals surface area contributed by atoms with Crippen LogP contribution in [-0.2, 0) is 9.59 Å². The molecule has 1 aliphatic rings. The zero-order valence-corrected chi connectivity index (χ0v) is 16.1. The van der Waals surface area contributed by atoms with Gasteiger partial charge in [0.15, 0.2) is 18.1 Å². The maximum absolute atomic E-state index is 12.3. The monoisotopic (exact) mass is 431 g/mol. The van der Waals surface area contributed by atoms with Gasteiger partial charge in [0, 0.05) is 11.0 Å². The molecule has 9 heteroatoms. The normalized spacial score (nSPS) is 16.0. The van der Waals surface area contributed by atoms with Gasteiger partial charge in [0.25, 0.3) is 5.91 Å². The van der Waals surface area contributed by atoms with Crippen LogP contribution in [0.15, 0.2) is 21.5 Å². The van der Waals surface area contributed by atoms with Crippen molar-refractivity contribution in [3.8, 4) is 11.5 Å². The quantitative estimate of drug-likeness (QED) is 0.547. The summed E-state index contributed by atoms with van der Waals surface area (Å²) in [7, 11) is 1.46. The molecule has 1 aliphatic heterocycles. The largest absolute Gasteiger partial charge is 0.493 e. The first-order chi connectivity index (χ1) is 11.4. The third kappa shape index (κ3) is 4.08. The molecule has 128 valence electrons. The fourth-order valence-electron chi connectivity index (χ4n) is 1.99. The molecule has 2 rings (SSSR count). The first kappa shape index (κ1) is 18.8. The fraction of sp³-hybridized carbons (Fsp3) is 0.267. The number of methoxy groups -OCH3 is 1. The van der Waals surface area contributed by atoms with Crippen molar-refractivity contribution >= 4 is 62.2 Å². The molecule has 1 amide bonds. The number of carbonyl (C=O) groups is 2. The van der Waals surface area contributed by atoms with Crippen molar-refractivity contribution in [2.75, 3.05) is 20.3 Å². The number of likely N-dealkylation sites (N-methyl/N-ethyl adjacent to an activating group) is 1. The van der Waals surface area contributed by atoms with Crippen molar-refractivity contribution in [2.24, 2.45) is 0 Å². The number of carboxylic acid groups (broad SMARTS) is 1. The predicted octanol–water partition coefficient (Wildman–Crippen LogP) is 3.14. The number of aliphatic carboxylic acids is 1. The third-order valence-corrected chi connectivity index (χ3v) is 5.18. The maximum atomic E-state index is 12.3. The van der Waals surface area contributed by atoms with Crippen LogP contribution >= 0.6 is 39.9 Å². The number of amides is 1. The van der Waals surface area contributed by atoms with E-state index in [2.05, 4.69) is 15.9 Å². The van der Waals surface area contributed by atoms with E-state index in [1.807, 2.05) is 6.92 Å². The zero-order chi connectivity index (χ0) is 17.9. The Hall–Kier alpha value is -1.58. The Balaban J connectivity index is 2.35. The number of benzene rings is 1. The van der Waals surface area contributed by atoms with Gasteiger partial charge in [-0.25, -0.2) is 4.79 Å². The van der Waals surface area contributed by atoms with Gasteiger partial charge >= 0.3 is 5.97 Å². The number of carbonyl (C=O) groups excluding carboxylic acids is 1. The summed E-state index contributed by atoms with van der Waals surface area (Å²) in [5.41, 5.74) is 0.700. The summed E-state index contributed by atoms with van der Waals surface area (Å²) in [5, 5.41) is 8.71. The molecule has 0 radical (unpaired) electrons. The number of hydrogen-bond acceptors (Lipinski definition) is 6. The van der Waals surface area contributed by atoms with Crippen molar-refractivity contribution in [2.45, 2.75) is 6.92 Å². The second kappa shape index (κ2) is 8.00. The Labute approximate surface area is 156 Å². The standard InChI is InChI=1S/C15H14BrNO5S2/c1-3-17-14(20)12(24-15(17)23)5-8-4-10(21-2)11(6-9(8)16)22-7-13(18)19/h4-6H,3,7H2,1-2H3,(H,18,19). The van der Waals surface area contributed by atoms with Gasteiger partial charge in [0.1, 0.15) is 4.32 Å². The minimum atomic E-state index is -1.08. The van der Waals surface area contributed by atoms with E-state index in [4.69, 9.17) is 26.8 Å². The number of thioether (sulfide) groups is 1. The van der Waals surface area contributed by atoms with E-state index in [-0.39, 0.29) is 5.91 Å². The Bertz CT molecular complexity index is 735. The fourth-order valence-corrected chi connectivity index (χ4v) is 3.80. The van der Waals surface area contributed by atoms with Crippen molar-refractivity contribution in [3.05, 3.63) is 27.1 Å². The van der Waals surface area contributed by atoms with Gasteiger partial charge in [-0.3, -0.25) is 9.69 Å². The maximum Gasteiger partial charge on any atom is 0.341 e. The first-order valence-electron chi connectivity index (χ1n) is 6.84. The summed E-state index contributed by atoms with van der Waals surface area (Å²) in [6, 6.07) is 3.27. The van der Waals surface area contributed by atoms with Crippen LogP contribution in [0.25, 0.3) is 6.08 Å². The molecule has 0 aromatic heterocycles. The van der Waals surface area contributed by atoms with Gasteiger partial charge < -0.3 is 14.6 Å². The van der Waals surface area contributed by atoms with Crippen molar-refractivity contribution in [1.82, 2.24) is 4.90 Å². The number of ether oxygens (including phenoxy) is 2. The molecule has 1 saturated heterocycles. The molecule has 1 heterocycles. The summed E-state index contributed by atoms with van der Waals surface area (Å²) < 4.78 is 11.6. The number of nitrogens with zero attached hydrogens (tertiary/aromatic N) is 1. The first-order valence-corrected chi connectivity index (χ1v) is 8.86. The van der Waals surface area contributed by atoms with Crippen LogP contribution < -0.4 is 9.47 Å². The lowest BCUT2D eigenvalue weighted by Crippen LogP contribution is -2.27. The number of carboxylic acids is 1. The molecule has 1 N–H and O–H groups in total. The molecular weight excluding hydrogens is 418 g/mol. The highest BCUT2D eigenvalue weighted by Crippen LogP contribution is 2.38. The average molecular weight is 432 g/mol. The number of halogens is 1. The minimum Gasteiger partial charge on any atom is -0.493 e. The number of thiocarbonyl (C=S) groups is 1. The highest BCUT2D eigenvalue weighted by molar-refractivity contribution is 9.10. The van der Waals surface area contributed by atoms with Gasteiger partial charge in [-0.2, -0.15) is 0 Å². The lowest BCUT2D eigenvalue weighted by molar-refractivity contribution is -0.139. The van der Waals surface area contributed by atoms with Crippen LogP contribution in [0, 0.1) is 0 Å². The van der Waals surface area contributed by atoms with Gasteiger partial charge in [0.05, 0.1) is 12.0 Å². The van der Waals surface area contributed by atoms with Crippen LogP contribution in [0.1, 0.15) is 12.5 Å². The van der Waals surface area contributed by atoms with Gasteiger partial charge in [0.2, 0.25) is 0 Å². The summed E-state index contributed by atoms with van der Waals surface area (Å²) >= 11 is 9.82. The number of hydrogen-bond donors (Lipinski definition) is 1. The highest BCUT2D eigenvalue weighted by Gasteiger charge is 2.30. The summed E-state index contributed by atoms with van der Waals surface area (Å²) in [4.78, 5) is 25.0. The highest BCUT2D eigenvalue weighted by atomic mass is 79.9. The summed E-state index contributed by atoms with van der Waals surface area (Å²) in [5.74, 6) is -0.549. The molecule has 1 fully saturated rings. The minimum absolute atomic E-state index is 0.135. The third-order valence-electron chi connectivity index (χ3n) is 3.11. The van der Waals surface area contributed by atoms with E-state index in [1.54, 1.807) is 18.2 Å². The van der Waals surface area contributed by atoms with Crippen LogP contribution in [0.3, 0.4) is 0 Å². The van der Waals surface area contributed by atoms with E-state index in [0.717, 1.165) is 0 Å². The van der Waals surface area contributed by atoms with E-state index in [0.29, 0.717) is 37.3 Å². The Morgan fingerprint density at radius 2 is 2.17 bits per heavy atom. The van der Waals surface area contributed by atoms with Crippen LogP contribution in [0.4, 0.5) is 0 Å². The molecular formula is C15H14BrNO5S2. The van der Waals surface area contributed by atoms with E-state index in [1.165, 1.54) is 23.8 Å². The lowest BCUT2D eigenvalue weighted by Gasteiger charge is -2.12. The summed E-state index contributed by atoms with van der Waals surface area (Å²) in [6.07, 6.45) is 1.71. The lowest BCUT2D eigenvalue weighted by atomic mass is 10.2. The SMILES string of the molecule is CCN1C(=O)C(=Cc2cc(OC)c(OCC(=O)O)cc2Br)SC1=S. The summed E-state index contributed by atoms with van der Waals surface area (Å²) in [6.45, 7) is 1.91. The second-order valence-electron chi connectivity index (χ2n) is 4.63. The smallest absolute Gasteiger partial charge is 0.341 e. The molecule has 24 heavy (non-hydrogen) atoms. The van der Waals surface area contributed by atoms with Crippen LogP contribution in [0.5, 0.6) is 11.5 Å². The number of rotatable bonds is 6. The molecule has 1 aromatic carbocycles. The molecule has 0 aliphatic carbocycles. The van der Waals surface area contributed by atoms with E-state index in [9.17, 15) is 9.59 Å². The second-order valence-corrected chi connectivity index (χ2v) is 7.16. The Kier molecular flexibility index (Phi) is 6.25. The Morgan fingerprint density at radius 1 is 1.46 bits per heavy atom.